The van der Waals surface area contributed by atoms with Gasteiger partial charge in [0.1, 0.15) is 5.69 Å². The topological polar surface area (TPSA) is 34.9 Å². The minimum atomic E-state index is 0.0914. The molecular formula is C9H12N2O. The summed E-state index contributed by atoms with van der Waals surface area (Å²) in [6, 6.07) is 0. The highest BCUT2D eigenvalue weighted by Crippen LogP contribution is 2.24. The number of fused-ring (bicyclic) bond motifs is 1. The number of carbonyl (C=O) groups excluding carboxylic acids is 1. The SMILES string of the molecule is CC(=O)c1nn(C)c2c1CCC2. The molecule has 0 bridgehead atoms. The standard InChI is InChI=1S/C9H12N2O/c1-6(12)9-7-4-3-5-8(7)11(2)10-9/h3-5H2,1-2H3. The van der Waals surface area contributed by atoms with Gasteiger partial charge in [-0.3, -0.25) is 9.48 Å². The average Bonchev–Trinajstić information content (AvgIpc) is 2.53. The van der Waals surface area contributed by atoms with Gasteiger partial charge in [-0.25, -0.2) is 0 Å². The zero-order valence-corrected chi connectivity index (χ0v) is 7.42. The highest BCUT2D eigenvalue weighted by atomic mass is 16.1. The van der Waals surface area contributed by atoms with Crippen LogP contribution in [-0.2, 0) is 19.9 Å². The molecule has 1 heterocycles. The summed E-state index contributed by atoms with van der Waals surface area (Å²) < 4.78 is 1.85. The molecule has 0 saturated heterocycles. The Balaban J connectivity index is 2.58. The van der Waals surface area contributed by atoms with Crippen LogP contribution in [0.5, 0.6) is 0 Å². The van der Waals surface area contributed by atoms with E-state index in [1.54, 1.807) is 6.92 Å². The van der Waals surface area contributed by atoms with Crippen molar-refractivity contribution in [2.75, 3.05) is 0 Å². The second-order valence-electron chi connectivity index (χ2n) is 3.31. The van der Waals surface area contributed by atoms with Gasteiger partial charge in [-0.15, -0.1) is 0 Å². The molecule has 0 N–H and O–H groups in total. The van der Waals surface area contributed by atoms with Crippen LogP contribution in [0, 0.1) is 0 Å². The van der Waals surface area contributed by atoms with Crippen LogP contribution >= 0.6 is 0 Å². The van der Waals surface area contributed by atoms with Crippen molar-refractivity contribution in [2.45, 2.75) is 26.2 Å². The van der Waals surface area contributed by atoms with Gasteiger partial charge in [0.05, 0.1) is 0 Å². The van der Waals surface area contributed by atoms with Crippen LogP contribution in [0.15, 0.2) is 0 Å². The molecule has 0 aliphatic heterocycles. The lowest BCUT2D eigenvalue weighted by atomic mass is 10.1. The molecule has 1 aromatic heterocycles. The zero-order chi connectivity index (χ0) is 8.72. The molecule has 0 unspecified atom stereocenters. The Morgan fingerprint density at radius 3 is 2.92 bits per heavy atom. The van der Waals surface area contributed by atoms with Gasteiger partial charge in [0, 0.05) is 25.2 Å². The van der Waals surface area contributed by atoms with Crippen LogP contribution in [0.25, 0.3) is 0 Å². The minimum Gasteiger partial charge on any atom is -0.293 e. The lowest BCUT2D eigenvalue weighted by molar-refractivity contribution is 0.101. The van der Waals surface area contributed by atoms with Crippen molar-refractivity contribution in [3.63, 3.8) is 0 Å². The molecule has 1 aromatic rings. The summed E-state index contributed by atoms with van der Waals surface area (Å²) in [4.78, 5) is 11.1. The molecule has 0 atom stereocenters. The normalized spacial score (nSPS) is 14.8. The minimum absolute atomic E-state index is 0.0914. The van der Waals surface area contributed by atoms with E-state index in [-0.39, 0.29) is 5.78 Å². The number of rotatable bonds is 1. The number of Topliss-reactive ketones (excluding diaryl/α,β-unsaturated/α-hetero) is 1. The van der Waals surface area contributed by atoms with E-state index in [0.29, 0.717) is 5.69 Å². The molecular weight excluding hydrogens is 152 g/mol. The van der Waals surface area contributed by atoms with Gasteiger partial charge in [0.2, 0.25) is 0 Å². The second kappa shape index (κ2) is 2.44. The smallest absolute Gasteiger partial charge is 0.180 e. The molecule has 3 heteroatoms. The Morgan fingerprint density at radius 2 is 2.25 bits per heavy atom. The van der Waals surface area contributed by atoms with Crippen molar-refractivity contribution >= 4 is 5.78 Å². The molecule has 0 amide bonds. The van der Waals surface area contributed by atoms with Crippen molar-refractivity contribution in [1.29, 1.82) is 0 Å². The first-order chi connectivity index (χ1) is 5.70. The van der Waals surface area contributed by atoms with Crippen LogP contribution in [0.1, 0.15) is 35.1 Å². The van der Waals surface area contributed by atoms with E-state index in [2.05, 4.69) is 5.10 Å². The molecule has 12 heavy (non-hydrogen) atoms. The van der Waals surface area contributed by atoms with E-state index in [0.717, 1.165) is 12.8 Å². The van der Waals surface area contributed by atoms with Gasteiger partial charge in [0.15, 0.2) is 5.78 Å². The van der Waals surface area contributed by atoms with E-state index in [1.807, 2.05) is 11.7 Å². The summed E-state index contributed by atoms with van der Waals surface area (Å²) in [5.41, 5.74) is 3.12. The number of aryl methyl sites for hydroxylation is 1. The zero-order valence-electron chi connectivity index (χ0n) is 7.42. The number of nitrogens with zero attached hydrogens (tertiary/aromatic N) is 2. The van der Waals surface area contributed by atoms with Crippen LogP contribution in [0.3, 0.4) is 0 Å². The van der Waals surface area contributed by atoms with Gasteiger partial charge < -0.3 is 0 Å². The average molecular weight is 164 g/mol. The predicted octanol–water partition coefficient (Wildman–Crippen LogP) is 1.11. The van der Waals surface area contributed by atoms with Crippen LogP contribution in [0.2, 0.25) is 0 Å². The van der Waals surface area contributed by atoms with Crippen LogP contribution in [0.4, 0.5) is 0 Å². The first-order valence-electron chi connectivity index (χ1n) is 4.26. The molecule has 0 saturated carbocycles. The summed E-state index contributed by atoms with van der Waals surface area (Å²) in [6.07, 6.45) is 3.27. The molecule has 1 aliphatic carbocycles. The van der Waals surface area contributed by atoms with Gasteiger partial charge in [-0.1, -0.05) is 0 Å². The third-order valence-electron chi connectivity index (χ3n) is 2.45. The van der Waals surface area contributed by atoms with Crippen molar-refractivity contribution in [2.24, 2.45) is 7.05 Å². The fraction of sp³-hybridized carbons (Fsp3) is 0.556. The Hall–Kier alpha value is -1.12. The predicted molar refractivity (Wildman–Crippen MR) is 45.2 cm³/mol. The van der Waals surface area contributed by atoms with Crippen molar-refractivity contribution in [3.8, 4) is 0 Å². The summed E-state index contributed by atoms with van der Waals surface area (Å²) in [6.45, 7) is 1.58. The molecule has 0 fully saturated rings. The Bertz CT molecular complexity index is 339. The van der Waals surface area contributed by atoms with Crippen molar-refractivity contribution in [3.05, 3.63) is 17.0 Å². The maximum absolute atomic E-state index is 11.1. The van der Waals surface area contributed by atoms with Crippen molar-refractivity contribution in [1.82, 2.24) is 9.78 Å². The highest BCUT2D eigenvalue weighted by Gasteiger charge is 2.22. The third kappa shape index (κ3) is 0.891. The van der Waals surface area contributed by atoms with Crippen LogP contribution < -0.4 is 0 Å². The largest absolute Gasteiger partial charge is 0.293 e. The number of carbonyl (C=O) groups is 1. The molecule has 3 nitrogen and oxygen atoms in total. The number of hydrogen-bond donors (Lipinski definition) is 0. The van der Waals surface area contributed by atoms with Crippen molar-refractivity contribution < 1.29 is 4.79 Å². The lowest BCUT2D eigenvalue weighted by Gasteiger charge is -1.92. The first-order valence-corrected chi connectivity index (χ1v) is 4.26. The second-order valence-corrected chi connectivity index (χ2v) is 3.31. The van der Waals surface area contributed by atoms with E-state index in [9.17, 15) is 4.79 Å². The van der Waals surface area contributed by atoms with E-state index in [1.165, 1.54) is 17.7 Å². The number of ketones is 1. The van der Waals surface area contributed by atoms with Gasteiger partial charge in [-0.05, 0) is 19.3 Å². The lowest BCUT2D eigenvalue weighted by Crippen LogP contribution is -1.99. The summed E-state index contributed by atoms with van der Waals surface area (Å²) in [5.74, 6) is 0.0914. The van der Waals surface area contributed by atoms with E-state index >= 15 is 0 Å². The first kappa shape index (κ1) is 7.53. The molecule has 0 aromatic carbocycles. The van der Waals surface area contributed by atoms with Gasteiger partial charge in [0.25, 0.3) is 0 Å². The number of aromatic nitrogens is 2. The Kier molecular flexibility index (Phi) is 1.53. The monoisotopic (exact) mass is 164 g/mol. The summed E-state index contributed by atoms with van der Waals surface area (Å²) in [7, 11) is 1.91. The van der Waals surface area contributed by atoms with E-state index < -0.39 is 0 Å². The Morgan fingerprint density at radius 1 is 1.50 bits per heavy atom. The molecule has 2 rings (SSSR count). The third-order valence-corrected chi connectivity index (χ3v) is 2.45. The maximum atomic E-state index is 11.1. The quantitative estimate of drug-likeness (QED) is 0.583. The van der Waals surface area contributed by atoms with E-state index in [4.69, 9.17) is 0 Å². The fourth-order valence-electron chi connectivity index (χ4n) is 1.89. The van der Waals surface area contributed by atoms with Gasteiger partial charge >= 0.3 is 0 Å². The molecule has 0 radical (unpaired) electrons. The van der Waals surface area contributed by atoms with Crippen LogP contribution in [-0.4, -0.2) is 15.6 Å². The summed E-state index contributed by atoms with van der Waals surface area (Å²) in [5, 5.41) is 4.20. The molecule has 0 spiro atoms. The molecule has 64 valence electrons. The van der Waals surface area contributed by atoms with Gasteiger partial charge in [-0.2, -0.15) is 5.10 Å². The fourth-order valence-corrected chi connectivity index (χ4v) is 1.89. The number of hydrogen-bond acceptors (Lipinski definition) is 2. The maximum Gasteiger partial charge on any atom is 0.180 e. The Labute approximate surface area is 71.4 Å². The summed E-state index contributed by atoms with van der Waals surface area (Å²) >= 11 is 0. The molecule has 1 aliphatic rings. The highest BCUT2D eigenvalue weighted by molar-refractivity contribution is 5.94.